The van der Waals surface area contributed by atoms with E-state index in [0.717, 1.165) is 26.2 Å². The Morgan fingerprint density at radius 3 is 2.17 bits per heavy atom. The maximum atomic E-state index is 12.7. The van der Waals surface area contributed by atoms with Gasteiger partial charge in [-0.05, 0) is 17.5 Å². The lowest BCUT2D eigenvalue weighted by molar-refractivity contribution is -0.197. The lowest BCUT2D eigenvalue weighted by atomic mass is 9.62. The second kappa shape index (κ2) is 4.68. The Balaban J connectivity index is 0.00000135. The second-order valence-electron chi connectivity index (χ2n) is 7.95. The molecule has 4 bridgehead atoms. The van der Waals surface area contributed by atoms with Gasteiger partial charge in [-0.2, -0.15) is 0 Å². The second-order valence-corrected chi connectivity index (χ2v) is 7.95. The van der Waals surface area contributed by atoms with Crippen molar-refractivity contribution in [3.63, 3.8) is 0 Å². The molecule has 1 N–H and O–H groups in total. The van der Waals surface area contributed by atoms with Crippen LogP contribution in [-0.4, -0.2) is 46.7 Å². The predicted octanol–water partition coefficient (Wildman–Crippen LogP) is -0.603. The molecule has 0 spiro atoms. The van der Waals surface area contributed by atoms with Crippen molar-refractivity contribution < 1.29 is 21.8 Å². The lowest BCUT2D eigenvalue weighted by Crippen LogP contribution is -3.00. The molecule has 5 heterocycles. The van der Waals surface area contributed by atoms with E-state index < -0.39 is 0 Å². The Morgan fingerprint density at radius 2 is 1.61 bits per heavy atom. The molecular formula is C18H21BrN3O-. The zero-order valence-electron chi connectivity index (χ0n) is 13.5. The van der Waals surface area contributed by atoms with Gasteiger partial charge in [-0.1, -0.05) is 32.0 Å². The van der Waals surface area contributed by atoms with Crippen LogP contribution in [0, 0.1) is 10.8 Å². The molecule has 0 unspecified atom stereocenters. The number of ketones is 1. The Hall–Kier alpha value is -1.17. The number of aromatic nitrogens is 1. The van der Waals surface area contributed by atoms with E-state index in [9.17, 15) is 4.79 Å². The van der Waals surface area contributed by atoms with Gasteiger partial charge in [-0.15, -0.1) is 0 Å². The molecule has 0 radical (unpaired) electrons. The largest absolute Gasteiger partial charge is 1.00 e. The average molecular weight is 375 g/mol. The van der Waals surface area contributed by atoms with Crippen LogP contribution >= 0.6 is 0 Å². The number of hydrogen-bond acceptors (Lipinski definition) is 3. The first-order chi connectivity index (χ1) is 10.5. The third-order valence-electron chi connectivity index (χ3n) is 5.83. The summed E-state index contributed by atoms with van der Waals surface area (Å²) in [5.74, 6) is 0.475. The van der Waals surface area contributed by atoms with Crippen LogP contribution in [0.4, 0.5) is 0 Å². The van der Waals surface area contributed by atoms with Gasteiger partial charge in [-0.25, -0.2) is 0 Å². The van der Waals surface area contributed by atoms with E-state index in [1.54, 1.807) is 0 Å². The fraction of sp³-hybridized carbons (Fsp3) is 0.500. The van der Waals surface area contributed by atoms with Gasteiger partial charge in [0.15, 0.2) is 0 Å². The van der Waals surface area contributed by atoms with E-state index >= 15 is 0 Å². The normalized spacial score (nSPS) is 41.3. The van der Waals surface area contributed by atoms with Crippen LogP contribution < -0.4 is 17.0 Å². The average Bonchev–Trinajstić information content (AvgIpc) is 2.86. The van der Waals surface area contributed by atoms with E-state index in [4.69, 9.17) is 0 Å². The smallest absolute Gasteiger partial charge is 0.149 e. The molecule has 4 nitrogen and oxygen atoms in total. The van der Waals surface area contributed by atoms with Crippen LogP contribution in [0.1, 0.15) is 25.7 Å². The van der Waals surface area contributed by atoms with E-state index in [0.29, 0.717) is 11.9 Å². The number of aromatic amines is 1. The number of para-hydroxylation sites is 1. The monoisotopic (exact) mass is 374 g/mol. The molecule has 6 rings (SSSR count). The highest BCUT2D eigenvalue weighted by molar-refractivity contribution is 5.92. The molecule has 0 aliphatic carbocycles. The van der Waals surface area contributed by atoms with Gasteiger partial charge in [0.05, 0.1) is 10.8 Å². The highest BCUT2D eigenvalue weighted by Crippen LogP contribution is 2.51. The molecule has 4 saturated heterocycles. The number of halogens is 1. The molecule has 0 atom stereocenters. The topological polar surface area (TPSA) is 39.3 Å². The maximum Gasteiger partial charge on any atom is 0.149 e. The highest BCUT2D eigenvalue weighted by Gasteiger charge is 2.62. The van der Waals surface area contributed by atoms with Crippen LogP contribution in [0.3, 0.4) is 0 Å². The van der Waals surface area contributed by atoms with Gasteiger partial charge < -0.3 is 22.0 Å². The first kappa shape index (κ1) is 15.4. The summed E-state index contributed by atoms with van der Waals surface area (Å²) in [7, 11) is 0. The molecule has 5 heteroatoms. The van der Waals surface area contributed by atoms with Crippen molar-refractivity contribution in [2.45, 2.75) is 20.0 Å². The van der Waals surface area contributed by atoms with E-state index in [1.165, 1.54) is 16.6 Å². The standard InChI is InChI=1S/C18H21N3O.BrH/c1-17-8-20-10-18(2,16(17)22)11-21(9-17)15(20)14-7-12-5-3-4-6-13(12)19-14;/h3-7,15,19H,8-11H2,1-2H3;1H/p-1. The molecule has 23 heavy (non-hydrogen) atoms. The summed E-state index contributed by atoms with van der Waals surface area (Å²) in [5.41, 5.74) is 2.09. The number of fused-ring (bicyclic) bond motifs is 1. The number of piperidine rings is 2. The van der Waals surface area contributed by atoms with Gasteiger partial charge in [0, 0.05) is 37.4 Å². The number of nitrogens with zero attached hydrogens (tertiary/aromatic N) is 2. The minimum atomic E-state index is -0.187. The van der Waals surface area contributed by atoms with Gasteiger partial charge in [-0.3, -0.25) is 14.6 Å². The number of carbonyl (C=O) groups excluding carboxylic acids is 1. The minimum absolute atomic E-state index is 0. The molecule has 0 amide bonds. The van der Waals surface area contributed by atoms with Gasteiger partial charge in [0.2, 0.25) is 0 Å². The van der Waals surface area contributed by atoms with Crippen LogP contribution in [0.15, 0.2) is 30.3 Å². The van der Waals surface area contributed by atoms with Gasteiger partial charge in [0.1, 0.15) is 11.9 Å². The minimum Gasteiger partial charge on any atom is -1.00 e. The molecule has 1 aromatic heterocycles. The molecule has 4 aliphatic heterocycles. The quantitative estimate of drug-likeness (QED) is 0.724. The van der Waals surface area contributed by atoms with Gasteiger partial charge in [0.25, 0.3) is 0 Å². The maximum absolute atomic E-state index is 12.7. The van der Waals surface area contributed by atoms with Crippen molar-refractivity contribution in [2.24, 2.45) is 10.8 Å². The zero-order valence-corrected chi connectivity index (χ0v) is 15.1. The molecule has 1 aromatic carbocycles. The Bertz CT molecular complexity index is 725. The zero-order chi connectivity index (χ0) is 15.1. The number of benzene rings is 1. The molecular weight excluding hydrogens is 354 g/mol. The van der Waals surface area contributed by atoms with Gasteiger partial charge >= 0.3 is 0 Å². The number of carbonyl (C=O) groups is 1. The third kappa shape index (κ3) is 1.93. The molecule has 0 saturated carbocycles. The fourth-order valence-corrected chi connectivity index (χ4v) is 5.23. The van der Waals surface area contributed by atoms with Crippen molar-refractivity contribution in [1.82, 2.24) is 14.8 Å². The number of hydrogen-bond donors (Lipinski definition) is 1. The predicted molar refractivity (Wildman–Crippen MR) is 85.4 cm³/mol. The number of H-pyrrole nitrogens is 1. The summed E-state index contributed by atoms with van der Waals surface area (Å²) in [4.78, 5) is 21.3. The molecule has 4 aliphatic rings. The number of rotatable bonds is 1. The number of nitrogens with one attached hydrogen (secondary N) is 1. The lowest BCUT2D eigenvalue weighted by Gasteiger charge is -2.64. The summed E-state index contributed by atoms with van der Waals surface area (Å²) in [6.07, 6.45) is 0.293. The van der Waals surface area contributed by atoms with Crippen molar-refractivity contribution in [1.29, 1.82) is 0 Å². The summed E-state index contributed by atoms with van der Waals surface area (Å²) in [6, 6.07) is 10.7. The summed E-state index contributed by atoms with van der Waals surface area (Å²) >= 11 is 0. The first-order valence-electron chi connectivity index (χ1n) is 8.09. The van der Waals surface area contributed by atoms with E-state index in [-0.39, 0.29) is 27.8 Å². The SMILES string of the molecule is CC12CN3CC(C)(CN(C1)C3c1cc3ccccc3[nH]1)C2=O.[Br-]. The Labute approximate surface area is 146 Å². The number of Topliss-reactive ketones (excluding diaryl/α,β-unsaturated/α-hetero) is 1. The third-order valence-corrected chi connectivity index (χ3v) is 5.83. The molecule has 122 valence electrons. The Morgan fingerprint density at radius 1 is 1.04 bits per heavy atom. The van der Waals surface area contributed by atoms with Crippen LogP contribution in [0.5, 0.6) is 0 Å². The Kier molecular flexibility index (Phi) is 3.13. The molecule has 4 fully saturated rings. The van der Waals surface area contributed by atoms with Crippen LogP contribution in [-0.2, 0) is 4.79 Å². The summed E-state index contributed by atoms with van der Waals surface area (Å²) in [6.45, 7) is 7.84. The van der Waals surface area contributed by atoms with Crippen molar-refractivity contribution >= 4 is 16.7 Å². The summed E-state index contributed by atoms with van der Waals surface area (Å²) < 4.78 is 0. The fourth-order valence-electron chi connectivity index (χ4n) is 5.23. The van der Waals surface area contributed by atoms with E-state index in [2.05, 4.69) is 59.0 Å². The van der Waals surface area contributed by atoms with Crippen molar-refractivity contribution in [3.8, 4) is 0 Å². The van der Waals surface area contributed by atoms with Crippen LogP contribution in [0.2, 0.25) is 0 Å². The molecule has 2 aromatic rings. The van der Waals surface area contributed by atoms with Crippen molar-refractivity contribution in [2.75, 3.05) is 26.2 Å². The summed E-state index contributed by atoms with van der Waals surface area (Å²) in [5, 5.41) is 1.27. The van der Waals surface area contributed by atoms with Crippen molar-refractivity contribution in [3.05, 3.63) is 36.0 Å². The van der Waals surface area contributed by atoms with Crippen LogP contribution in [0.25, 0.3) is 10.9 Å². The highest BCUT2D eigenvalue weighted by atomic mass is 79.9. The van der Waals surface area contributed by atoms with E-state index in [1.807, 2.05) is 0 Å². The first-order valence-corrected chi connectivity index (χ1v) is 8.09.